The Kier molecular flexibility index (Phi) is 4.22. The highest BCUT2D eigenvalue weighted by Gasteiger charge is 2.22. The predicted molar refractivity (Wildman–Crippen MR) is 74.1 cm³/mol. The molecule has 0 radical (unpaired) electrons. The molecule has 0 aliphatic carbocycles. The molecular formula is C14H14N2O5. The van der Waals surface area contributed by atoms with Gasteiger partial charge in [-0.3, -0.25) is 9.59 Å². The maximum atomic E-state index is 12.2. The number of para-hydroxylation sites is 1. The molecule has 1 heterocycles. The average Bonchev–Trinajstić information content (AvgIpc) is 2.90. The zero-order chi connectivity index (χ0) is 15.4. The second kappa shape index (κ2) is 6.08. The first-order valence-electron chi connectivity index (χ1n) is 6.30. The molecule has 4 N–H and O–H groups in total. The Morgan fingerprint density at radius 3 is 2.62 bits per heavy atom. The first-order chi connectivity index (χ1) is 9.99. The summed E-state index contributed by atoms with van der Waals surface area (Å²) in [4.78, 5) is 36.7. The molecule has 1 atom stereocenters. The Morgan fingerprint density at radius 2 is 1.95 bits per heavy atom. The molecule has 1 aromatic carbocycles. The number of carboxylic acids is 2. The molecule has 110 valence electrons. The van der Waals surface area contributed by atoms with E-state index in [2.05, 4.69) is 10.3 Å². The summed E-state index contributed by atoms with van der Waals surface area (Å²) < 4.78 is 0. The standard InChI is InChI=1S/C14H14N2O5/c17-11(18)5-4-10(14(20)21)16-13(19)9-3-1-2-8-6-7-15-12(8)9/h1-3,6-7,10,15H,4-5H2,(H,16,19)(H,17,18)(H,20,21). The Bertz CT molecular complexity index is 691. The number of carbonyl (C=O) groups excluding carboxylic acids is 1. The first kappa shape index (κ1) is 14.6. The van der Waals surface area contributed by atoms with Crippen LogP contribution in [0.5, 0.6) is 0 Å². The van der Waals surface area contributed by atoms with Crippen LogP contribution in [0.15, 0.2) is 30.5 Å². The number of carboxylic acid groups (broad SMARTS) is 2. The van der Waals surface area contributed by atoms with Gasteiger partial charge in [0.25, 0.3) is 5.91 Å². The number of aromatic amines is 1. The second-order valence-corrected chi connectivity index (χ2v) is 4.54. The summed E-state index contributed by atoms with van der Waals surface area (Å²) in [6.07, 6.45) is 1.18. The van der Waals surface area contributed by atoms with Crippen LogP contribution in [-0.2, 0) is 9.59 Å². The summed E-state index contributed by atoms with van der Waals surface area (Å²) in [6, 6.07) is 5.65. The quantitative estimate of drug-likeness (QED) is 0.637. The fourth-order valence-electron chi connectivity index (χ4n) is 2.04. The van der Waals surface area contributed by atoms with Crippen LogP contribution < -0.4 is 5.32 Å². The number of hydrogen-bond acceptors (Lipinski definition) is 3. The van der Waals surface area contributed by atoms with Crippen LogP contribution in [0.25, 0.3) is 10.9 Å². The highest BCUT2D eigenvalue weighted by molar-refractivity contribution is 6.06. The highest BCUT2D eigenvalue weighted by Crippen LogP contribution is 2.17. The van der Waals surface area contributed by atoms with Crippen LogP contribution in [0.2, 0.25) is 0 Å². The maximum Gasteiger partial charge on any atom is 0.326 e. The molecule has 0 fully saturated rings. The summed E-state index contributed by atoms with van der Waals surface area (Å²) in [5.74, 6) is -2.92. The minimum atomic E-state index is -1.26. The van der Waals surface area contributed by atoms with Gasteiger partial charge in [-0.2, -0.15) is 0 Å². The van der Waals surface area contributed by atoms with Gasteiger partial charge >= 0.3 is 11.9 Å². The number of rotatable bonds is 6. The van der Waals surface area contributed by atoms with Crippen LogP contribution >= 0.6 is 0 Å². The normalized spacial score (nSPS) is 12.0. The molecule has 0 saturated heterocycles. The lowest BCUT2D eigenvalue weighted by atomic mass is 10.1. The molecule has 7 heteroatoms. The number of H-pyrrole nitrogens is 1. The zero-order valence-corrected chi connectivity index (χ0v) is 11.0. The van der Waals surface area contributed by atoms with Gasteiger partial charge in [0.2, 0.25) is 0 Å². The number of amides is 1. The molecule has 1 aromatic heterocycles. The number of benzene rings is 1. The number of aromatic nitrogens is 1. The van der Waals surface area contributed by atoms with Crippen LogP contribution in [0.3, 0.4) is 0 Å². The van der Waals surface area contributed by atoms with E-state index < -0.39 is 23.9 Å². The van der Waals surface area contributed by atoms with Crippen molar-refractivity contribution in [2.45, 2.75) is 18.9 Å². The minimum absolute atomic E-state index is 0.170. The van der Waals surface area contributed by atoms with Crippen molar-refractivity contribution in [2.75, 3.05) is 0 Å². The number of aliphatic carboxylic acids is 2. The molecule has 0 aliphatic rings. The van der Waals surface area contributed by atoms with E-state index in [0.29, 0.717) is 11.1 Å². The van der Waals surface area contributed by atoms with Gasteiger partial charge in [0.15, 0.2) is 0 Å². The summed E-state index contributed by atoms with van der Waals surface area (Å²) in [6.45, 7) is 0. The molecule has 0 bridgehead atoms. The Hall–Kier alpha value is -2.83. The molecule has 0 spiro atoms. The van der Waals surface area contributed by atoms with Gasteiger partial charge in [0.1, 0.15) is 6.04 Å². The van der Waals surface area contributed by atoms with E-state index in [4.69, 9.17) is 10.2 Å². The molecule has 2 rings (SSSR count). The molecule has 7 nitrogen and oxygen atoms in total. The summed E-state index contributed by atoms with van der Waals surface area (Å²) in [7, 11) is 0. The van der Waals surface area contributed by atoms with Crippen LogP contribution in [0.1, 0.15) is 23.2 Å². The first-order valence-corrected chi connectivity index (χ1v) is 6.30. The van der Waals surface area contributed by atoms with Gasteiger partial charge in [-0.1, -0.05) is 12.1 Å². The third-order valence-corrected chi connectivity index (χ3v) is 3.08. The van der Waals surface area contributed by atoms with Crippen molar-refractivity contribution in [3.63, 3.8) is 0 Å². The van der Waals surface area contributed by atoms with E-state index in [1.807, 2.05) is 6.07 Å². The number of nitrogens with one attached hydrogen (secondary N) is 2. The lowest BCUT2D eigenvalue weighted by Crippen LogP contribution is -2.41. The van der Waals surface area contributed by atoms with E-state index in [1.54, 1.807) is 24.4 Å². The van der Waals surface area contributed by atoms with Crippen molar-refractivity contribution >= 4 is 28.7 Å². The topological polar surface area (TPSA) is 119 Å². The van der Waals surface area contributed by atoms with Gasteiger partial charge in [0, 0.05) is 18.0 Å². The minimum Gasteiger partial charge on any atom is -0.481 e. The van der Waals surface area contributed by atoms with E-state index in [0.717, 1.165) is 5.39 Å². The lowest BCUT2D eigenvalue weighted by molar-refractivity contribution is -0.140. The predicted octanol–water partition coefficient (Wildman–Crippen LogP) is 1.22. The van der Waals surface area contributed by atoms with E-state index in [9.17, 15) is 14.4 Å². The fraction of sp³-hybridized carbons (Fsp3) is 0.214. The average molecular weight is 290 g/mol. The van der Waals surface area contributed by atoms with E-state index in [-0.39, 0.29) is 12.8 Å². The number of fused-ring (bicyclic) bond motifs is 1. The zero-order valence-electron chi connectivity index (χ0n) is 11.0. The van der Waals surface area contributed by atoms with Crippen molar-refractivity contribution in [1.29, 1.82) is 0 Å². The van der Waals surface area contributed by atoms with Crippen molar-refractivity contribution in [1.82, 2.24) is 10.3 Å². The lowest BCUT2D eigenvalue weighted by Gasteiger charge is -2.13. The van der Waals surface area contributed by atoms with Gasteiger partial charge in [-0.05, 0) is 18.6 Å². The molecule has 0 aliphatic heterocycles. The van der Waals surface area contributed by atoms with Gasteiger partial charge in [0.05, 0.1) is 11.1 Å². The largest absolute Gasteiger partial charge is 0.481 e. The second-order valence-electron chi connectivity index (χ2n) is 4.54. The SMILES string of the molecule is O=C(O)CCC(NC(=O)c1cccc2cc[nH]c12)C(=O)O. The van der Waals surface area contributed by atoms with E-state index >= 15 is 0 Å². The monoisotopic (exact) mass is 290 g/mol. The van der Waals surface area contributed by atoms with Crippen molar-refractivity contribution in [3.8, 4) is 0 Å². The maximum absolute atomic E-state index is 12.2. The number of hydrogen-bond donors (Lipinski definition) is 4. The van der Waals surface area contributed by atoms with Crippen molar-refractivity contribution in [3.05, 3.63) is 36.0 Å². The molecule has 2 aromatic rings. The van der Waals surface area contributed by atoms with Crippen molar-refractivity contribution in [2.24, 2.45) is 0 Å². The van der Waals surface area contributed by atoms with E-state index in [1.165, 1.54) is 0 Å². The van der Waals surface area contributed by atoms with Crippen molar-refractivity contribution < 1.29 is 24.6 Å². The Labute approximate surface area is 119 Å². The number of carbonyl (C=O) groups is 3. The van der Waals surface area contributed by atoms with Gasteiger partial charge in [-0.15, -0.1) is 0 Å². The van der Waals surface area contributed by atoms with Gasteiger partial charge < -0.3 is 20.5 Å². The molecular weight excluding hydrogens is 276 g/mol. The summed E-state index contributed by atoms with van der Waals surface area (Å²) in [5, 5.41) is 20.8. The molecule has 21 heavy (non-hydrogen) atoms. The molecule has 1 unspecified atom stereocenters. The summed E-state index contributed by atoms with van der Waals surface area (Å²) >= 11 is 0. The summed E-state index contributed by atoms with van der Waals surface area (Å²) in [5.41, 5.74) is 0.927. The van der Waals surface area contributed by atoms with Gasteiger partial charge in [-0.25, -0.2) is 4.79 Å². The van der Waals surface area contributed by atoms with Crippen LogP contribution in [0, 0.1) is 0 Å². The highest BCUT2D eigenvalue weighted by atomic mass is 16.4. The fourth-order valence-corrected chi connectivity index (χ4v) is 2.04. The third kappa shape index (κ3) is 3.38. The smallest absolute Gasteiger partial charge is 0.326 e. The molecule has 1 amide bonds. The Morgan fingerprint density at radius 1 is 1.19 bits per heavy atom. The Balaban J connectivity index is 2.17. The van der Waals surface area contributed by atoms with Crippen LogP contribution in [0.4, 0.5) is 0 Å². The molecule has 0 saturated carbocycles. The third-order valence-electron chi connectivity index (χ3n) is 3.08. The van der Waals surface area contributed by atoms with Crippen LogP contribution in [-0.4, -0.2) is 39.1 Å².